The Kier molecular flexibility index (Phi) is 3.58. The van der Waals surface area contributed by atoms with Crippen molar-refractivity contribution in [1.82, 2.24) is 24.5 Å². The largest absolute Gasteiger partial charge is 0.384 e. The zero-order chi connectivity index (χ0) is 14.0. The summed E-state index contributed by atoms with van der Waals surface area (Å²) in [6, 6.07) is 0. The second-order valence-electron chi connectivity index (χ2n) is 4.05. The Morgan fingerprint density at radius 3 is 2.79 bits per heavy atom. The number of aryl methyl sites for hydroxylation is 2. The molecule has 0 atom stereocenters. The molecule has 0 fully saturated rings. The molecule has 0 amide bonds. The summed E-state index contributed by atoms with van der Waals surface area (Å²) in [5, 5.41) is 6.27. The average molecular weight is 284 g/mol. The van der Waals surface area contributed by atoms with Crippen LogP contribution in [0.4, 0.5) is 5.82 Å². The lowest BCUT2D eigenvalue weighted by molar-refractivity contribution is 0.578. The van der Waals surface area contributed by atoms with Crippen LogP contribution in [0.2, 0.25) is 0 Å². The minimum Gasteiger partial charge on any atom is -0.384 e. The highest BCUT2D eigenvalue weighted by atomic mass is 32.2. The third kappa shape index (κ3) is 2.76. The van der Waals surface area contributed by atoms with Crippen LogP contribution >= 0.6 is 0 Å². The first-order valence-corrected chi connectivity index (χ1v) is 7.23. The molecule has 104 valence electrons. The van der Waals surface area contributed by atoms with E-state index in [4.69, 9.17) is 5.73 Å². The van der Waals surface area contributed by atoms with Crippen LogP contribution in [0.3, 0.4) is 0 Å². The van der Waals surface area contributed by atoms with Crippen molar-refractivity contribution in [3.63, 3.8) is 0 Å². The van der Waals surface area contributed by atoms with Gasteiger partial charge in [-0.05, 0) is 13.8 Å². The molecule has 2 heterocycles. The first-order valence-electron chi connectivity index (χ1n) is 5.75. The number of hydrogen-bond acceptors (Lipinski definition) is 5. The van der Waals surface area contributed by atoms with Gasteiger partial charge in [0, 0.05) is 24.8 Å². The van der Waals surface area contributed by atoms with Crippen LogP contribution < -0.4 is 10.5 Å². The van der Waals surface area contributed by atoms with Crippen molar-refractivity contribution in [2.24, 2.45) is 0 Å². The predicted octanol–water partition coefficient (Wildman–Crippen LogP) is -0.00478. The number of hydrogen-bond donors (Lipinski definition) is 3. The Balaban J connectivity index is 2.16. The van der Waals surface area contributed by atoms with Gasteiger partial charge in [-0.2, -0.15) is 5.10 Å². The number of imidazole rings is 1. The molecule has 8 nitrogen and oxygen atoms in total. The smallest absolute Gasteiger partial charge is 0.259 e. The Labute approximate surface area is 111 Å². The van der Waals surface area contributed by atoms with Crippen molar-refractivity contribution >= 4 is 15.8 Å². The lowest BCUT2D eigenvalue weighted by Crippen LogP contribution is -2.23. The van der Waals surface area contributed by atoms with Crippen LogP contribution in [0.1, 0.15) is 18.3 Å². The van der Waals surface area contributed by atoms with E-state index in [0.717, 1.165) is 0 Å². The fourth-order valence-corrected chi connectivity index (χ4v) is 2.65. The number of nitrogens with zero attached hydrogens (tertiary/aromatic N) is 3. The van der Waals surface area contributed by atoms with E-state index in [1.165, 1.54) is 12.4 Å². The molecule has 9 heteroatoms. The van der Waals surface area contributed by atoms with Gasteiger partial charge in [-0.15, -0.1) is 0 Å². The maximum absolute atomic E-state index is 12.1. The Bertz CT molecular complexity index is 672. The quantitative estimate of drug-likeness (QED) is 0.713. The lowest BCUT2D eigenvalue weighted by atomic mass is 10.3. The van der Waals surface area contributed by atoms with E-state index in [1.54, 1.807) is 11.5 Å². The summed E-state index contributed by atoms with van der Waals surface area (Å²) in [6.45, 7) is 4.42. The van der Waals surface area contributed by atoms with Gasteiger partial charge in [-0.3, -0.25) is 5.10 Å². The van der Waals surface area contributed by atoms with Gasteiger partial charge in [-0.1, -0.05) is 0 Å². The number of nitrogen functional groups attached to an aromatic ring is 1. The van der Waals surface area contributed by atoms with Crippen LogP contribution in [0.25, 0.3) is 0 Å². The summed E-state index contributed by atoms with van der Waals surface area (Å²) in [7, 11) is -3.64. The number of aromatic amines is 1. The molecule has 0 radical (unpaired) electrons. The summed E-state index contributed by atoms with van der Waals surface area (Å²) >= 11 is 0. The molecule has 0 spiro atoms. The van der Waals surface area contributed by atoms with Crippen molar-refractivity contribution in [3.05, 3.63) is 23.8 Å². The summed E-state index contributed by atoms with van der Waals surface area (Å²) in [6.07, 6.45) is 2.99. The third-order valence-electron chi connectivity index (χ3n) is 2.77. The monoisotopic (exact) mass is 284 g/mol. The molecule has 4 N–H and O–H groups in total. The number of H-pyrrole nitrogens is 1. The van der Waals surface area contributed by atoms with Crippen LogP contribution in [0, 0.1) is 6.92 Å². The molecule has 2 rings (SSSR count). The van der Waals surface area contributed by atoms with Crippen molar-refractivity contribution < 1.29 is 8.42 Å². The standard InChI is InChI=1S/C10H16N6O2S/c1-3-16-6-9(14-7(16)2)19(17,18)13-5-8-4-12-15-10(8)11/h4,6,13H,3,5H2,1-2H3,(H3,11,12,15). The van der Waals surface area contributed by atoms with E-state index in [-0.39, 0.29) is 11.6 Å². The van der Waals surface area contributed by atoms with E-state index in [1.807, 2.05) is 6.92 Å². The fraction of sp³-hybridized carbons (Fsp3) is 0.400. The lowest BCUT2D eigenvalue weighted by Gasteiger charge is -2.02. The first-order chi connectivity index (χ1) is 8.94. The number of sulfonamides is 1. The molecule has 0 aliphatic rings. The normalized spacial score (nSPS) is 11.9. The molecule has 0 saturated carbocycles. The zero-order valence-electron chi connectivity index (χ0n) is 10.7. The summed E-state index contributed by atoms with van der Waals surface area (Å²) < 4.78 is 28.3. The van der Waals surface area contributed by atoms with E-state index in [9.17, 15) is 8.42 Å². The topological polar surface area (TPSA) is 119 Å². The minimum atomic E-state index is -3.64. The first kappa shape index (κ1) is 13.6. The van der Waals surface area contributed by atoms with Crippen LogP contribution in [-0.2, 0) is 23.1 Å². The van der Waals surface area contributed by atoms with E-state index >= 15 is 0 Å². The van der Waals surface area contributed by atoms with Crippen molar-refractivity contribution in [1.29, 1.82) is 0 Å². The Hall–Kier alpha value is -1.87. The molecule has 0 bridgehead atoms. The molecule has 0 unspecified atom stereocenters. The van der Waals surface area contributed by atoms with Gasteiger partial charge >= 0.3 is 0 Å². The number of rotatable bonds is 5. The van der Waals surface area contributed by atoms with E-state index < -0.39 is 10.0 Å². The van der Waals surface area contributed by atoms with Crippen molar-refractivity contribution in [3.8, 4) is 0 Å². The predicted molar refractivity (Wildman–Crippen MR) is 69.7 cm³/mol. The van der Waals surface area contributed by atoms with Crippen molar-refractivity contribution in [2.45, 2.75) is 32.0 Å². The molecule has 0 aliphatic heterocycles. The minimum absolute atomic E-state index is 0.00826. The van der Waals surface area contributed by atoms with Gasteiger partial charge in [-0.25, -0.2) is 18.1 Å². The molecule has 0 saturated heterocycles. The highest BCUT2D eigenvalue weighted by molar-refractivity contribution is 7.89. The Morgan fingerprint density at radius 1 is 1.53 bits per heavy atom. The summed E-state index contributed by atoms with van der Waals surface area (Å²) in [5.41, 5.74) is 6.18. The fourth-order valence-electron chi connectivity index (χ4n) is 1.64. The Morgan fingerprint density at radius 2 is 2.26 bits per heavy atom. The van der Waals surface area contributed by atoms with Gasteiger partial charge in [0.2, 0.25) is 0 Å². The molecular formula is C10H16N6O2S. The van der Waals surface area contributed by atoms with Crippen molar-refractivity contribution in [2.75, 3.05) is 5.73 Å². The molecule has 0 aliphatic carbocycles. The van der Waals surface area contributed by atoms with Crippen LogP contribution in [0.5, 0.6) is 0 Å². The molecular weight excluding hydrogens is 268 g/mol. The van der Waals surface area contributed by atoms with Gasteiger partial charge in [0.05, 0.1) is 6.20 Å². The van der Waals surface area contributed by atoms with Gasteiger partial charge in [0.15, 0.2) is 5.03 Å². The zero-order valence-corrected chi connectivity index (χ0v) is 11.5. The number of nitrogens with two attached hydrogens (primary N) is 1. The van der Waals surface area contributed by atoms with Crippen LogP contribution in [-0.4, -0.2) is 28.2 Å². The average Bonchev–Trinajstić information content (AvgIpc) is 2.93. The van der Waals surface area contributed by atoms with E-state index in [0.29, 0.717) is 23.8 Å². The molecule has 2 aromatic heterocycles. The van der Waals surface area contributed by atoms with E-state index in [2.05, 4.69) is 19.9 Å². The number of aromatic nitrogens is 4. The van der Waals surface area contributed by atoms with Gasteiger partial charge in [0.25, 0.3) is 10.0 Å². The molecule has 0 aromatic carbocycles. The molecule has 2 aromatic rings. The maximum Gasteiger partial charge on any atom is 0.259 e. The maximum atomic E-state index is 12.1. The SMILES string of the molecule is CCn1cc(S(=O)(=O)NCc2cn[nH]c2N)nc1C. The second-order valence-corrected chi connectivity index (χ2v) is 5.76. The second kappa shape index (κ2) is 5.02. The molecule has 19 heavy (non-hydrogen) atoms. The van der Waals surface area contributed by atoms with Gasteiger partial charge < -0.3 is 10.3 Å². The number of anilines is 1. The summed E-state index contributed by atoms with van der Waals surface area (Å²) in [5.74, 6) is 1.00. The summed E-state index contributed by atoms with van der Waals surface area (Å²) in [4.78, 5) is 4.03. The highest BCUT2D eigenvalue weighted by Gasteiger charge is 2.19. The third-order valence-corrected chi connectivity index (χ3v) is 4.05. The highest BCUT2D eigenvalue weighted by Crippen LogP contribution is 2.11. The van der Waals surface area contributed by atoms with Crippen LogP contribution in [0.15, 0.2) is 17.4 Å². The van der Waals surface area contributed by atoms with Gasteiger partial charge in [0.1, 0.15) is 11.6 Å². The number of nitrogens with one attached hydrogen (secondary N) is 2.